The van der Waals surface area contributed by atoms with Gasteiger partial charge in [-0.15, -0.1) is 0 Å². The van der Waals surface area contributed by atoms with Gasteiger partial charge in [-0.05, 0) is 17.7 Å². The first kappa shape index (κ1) is 13.5. The van der Waals surface area contributed by atoms with Gasteiger partial charge in [0.05, 0.1) is 6.10 Å². The van der Waals surface area contributed by atoms with Crippen molar-refractivity contribution in [2.45, 2.75) is 19.1 Å². The highest BCUT2D eigenvalue weighted by atomic mass is 19.3. The van der Waals surface area contributed by atoms with E-state index in [1.807, 2.05) is 11.6 Å². The molecule has 2 aromatic rings. The normalized spacial score (nSPS) is 12.7. The standard InChI is InChI=1S/C13H14F2N2O2/c1-17-7-6-16-12(17)8-11(18)9-2-4-10(5-3-9)19-13(14)15/h2-7,11,13,18H,8H2,1H3. The summed E-state index contributed by atoms with van der Waals surface area (Å²) in [5, 5.41) is 10.0. The van der Waals surface area contributed by atoms with Crippen LogP contribution in [0.15, 0.2) is 36.7 Å². The molecule has 0 spiro atoms. The maximum absolute atomic E-state index is 12.0. The summed E-state index contributed by atoms with van der Waals surface area (Å²) < 4.78 is 30.0. The first-order valence-electron chi connectivity index (χ1n) is 5.75. The predicted molar refractivity (Wildman–Crippen MR) is 64.9 cm³/mol. The van der Waals surface area contributed by atoms with Gasteiger partial charge in [-0.25, -0.2) is 4.98 Å². The van der Waals surface area contributed by atoms with Crippen LogP contribution in [-0.2, 0) is 13.5 Å². The zero-order valence-corrected chi connectivity index (χ0v) is 10.3. The lowest BCUT2D eigenvalue weighted by atomic mass is 10.1. The van der Waals surface area contributed by atoms with Gasteiger partial charge in [-0.3, -0.25) is 0 Å². The average molecular weight is 268 g/mol. The Kier molecular flexibility index (Phi) is 4.11. The predicted octanol–water partition coefficient (Wildman–Crippen LogP) is 2.30. The van der Waals surface area contributed by atoms with Gasteiger partial charge in [0.1, 0.15) is 11.6 Å². The number of aromatic nitrogens is 2. The van der Waals surface area contributed by atoms with E-state index in [9.17, 15) is 13.9 Å². The maximum atomic E-state index is 12.0. The third-order valence-corrected chi connectivity index (χ3v) is 2.79. The number of aliphatic hydroxyl groups excluding tert-OH is 1. The Labute approximate surface area is 109 Å². The Morgan fingerprint density at radius 3 is 2.53 bits per heavy atom. The number of benzene rings is 1. The average Bonchev–Trinajstić information content (AvgIpc) is 2.75. The fraction of sp³-hybridized carbons (Fsp3) is 0.308. The largest absolute Gasteiger partial charge is 0.435 e. The molecule has 0 saturated heterocycles. The van der Waals surface area contributed by atoms with Gasteiger partial charge in [-0.1, -0.05) is 12.1 Å². The zero-order valence-electron chi connectivity index (χ0n) is 10.3. The summed E-state index contributed by atoms with van der Waals surface area (Å²) in [7, 11) is 1.84. The zero-order chi connectivity index (χ0) is 13.8. The van der Waals surface area contributed by atoms with Crippen LogP contribution in [0.4, 0.5) is 8.78 Å². The summed E-state index contributed by atoms with van der Waals surface area (Å²) in [4.78, 5) is 4.12. The van der Waals surface area contributed by atoms with Crippen molar-refractivity contribution in [3.05, 3.63) is 48.0 Å². The molecular weight excluding hydrogens is 254 g/mol. The molecule has 4 nitrogen and oxygen atoms in total. The minimum Gasteiger partial charge on any atom is -0.435 e. The van der Waals surface area contributed by atoms with E-state index in [0.717, 1.165) is 5.82 Å². The first-order chi connectivity index (χ1) is 9.06. The summed E-state index contributed by atoms with van der Waals surface area (Å²) in [6, 6.07) is 5.93. The van der Waals surface area contributed by atoms with Crippen LogP contribution in [0.25, 0.3) is 0 Å². The number of aryl methyl sites for hydroxylation is 1. The van der Waals surface area contributed by atoms with E-state index in [1.165, 1.54) is 12.1 Å². The molecule has 0 fully saturated rings. The molecule has 0 radical (unpaired) electrons. The van der Waals surface area contributed by atoms with Crippen LogP contribution in [0, 0.1) is 0 Å². The summed E-state index contributed by atoms with van der Waals surface area (Å²) >= 11 is 0. The Balaban J connectivity index is 2.03. The van der Waals surface area contributed by atoms with Crippen molar-refractivity contribution in [1.29, 1.82) is 0 Å². The fourth-order valence-electron chi connectivity index (χ4n) is 1.76. The second-order valence-electron chi connectivity index (χ2n) is 4.12. The van der Waals surface area contributed by atoms with E-state index in [-0.39, 0.29) is 5.75 Å². The summed E-state index contributed by atoms with van der Waals surface area (Å²) in [5.41, 5.74) is 0.629. The Morgan fingerprint density at radius 1 is 1.32 bits per heavy atom. The van der Waals surface area contributed by atoms with Crippen LogP contribution in [0.1, 0.15) is 17.5 Å². The lowest BCUT2D eigenvalue weighted by Gasteiger charge is -2.12. The van der Waals surface area contributed by atoms with Crippen molar-refractivity contribution >= 4 is 0 Å². The highest BCUT2D eigenvalue weighted by molar-refractivity contribution is 5.29. The van der Waals surface area contributed by atoms with E-state index in [2.05, 4.69) is 9.72 Å². The monoisotopic (exact) mass is 268 g/mol. The van der Waals surface area contributed by atoms with E-state index in [4.69, 9.17) is 0 Å². The number of hydrogen-bond donors (Lipinski definition) is 1. The van der Waals surface area contributed by atoms with Crippen molar-refractivity contribution in [2.24, 2.45) is 7.05 Å². The number of ether oxygens (including phenoxy) is 1. The molecule has 0 saturated carbocycles. The molecule has 1 aromatic heterocycles. The molecule has 0 bridgehead atoms. The molecule has 0 aliphatic rings. The molecular formula is C13H14F2N2O2. The van der Waals surface area contributed by atoms with E-state index < -0.39 is 12.7 Å². The molecule has 102 valence electrons. The molecule has 1 atom stereocenters. The smallest absolute Gasteiger partial charge is 0.387 e. The molecule has 6 heteroatoms. The fourth-order valence-corrected chi connectivity index (χ4v) is 1.76. The second-order valence-corrected chi connectivity index (χ2v) is 4.12. The molecule has 1 unspecified atom stereocenters. The van der Waals surface area contributed by atoms with Crippen LogP contribution < -0.4 is 4.74 Å². The highest BCUT2D eigenvalue weighted by Gasteiger charge is 2.12. The SMILES string of the molecule is Cn1ccnc1CC(O)c1ccc(OC(F)F)cc1. The minimum absolute atomic E-state index is 0.0722. The number of halogens is 2. The Hall–Kier alpha value is -1.95. The molecule has 1 N–H and O–H groups in total. The molecule has 0 amide bonds. The van der Waals surface area contributed by atoms with E-state index >= 15 is 0 Å². The van der Waals surface area contributed by atoms with Crippen molar-refractivity contribution in [3.8, 4) is 5.75 Å². The molecule has 19 heavy (non-hydrogen) atoms. The van der Waals surface area contributed by atoms with Gasteiger partial charge in [-0.2, -0.15) is 8.78 Å². The maximum Gasteiger partial charge on any atom is 0.387 e. The number of aliphatic hydroxyl groups is 1. The lowest BCUT2D eigenvalue weighted by molar-refractivity contribution is -0.0498. The van der Waals surface area contributed by atoms with Gasteiger partial charge in [0, 0.05) is 25.9 Å². The summed E-state index contributed by atoms with van der Waals surface area (Å²) in [5.74, 6) is 0.823. The van der Waals surface area contributed by atoms with Gasteiger partial charge in [0.25, 0.3) is 0 Å². The molecule has 0 aliphatic heterocycles. The summed E-state index contributed by atoms with van der Waals surface area (Å²) in [6.07, 6.45) is 3.07. The van der Waals surface area contributed by atoms with Crippen molar-refractivity contribution < 1.29 is 18.6 Å². The van der Waals surface area contributed by atoms with Crippen LogP contribution >= 0.6 is 0 Å². The van der Waals surface area contributed by atoms with Gasteiger partial charge in [0.15, 0.2) is 0 Å². The van der Waals surface area contributed by atoms with Gasteiger partial charge in [0.2, 0.25) is 0 Å². The van der Waals surface area contributed by atoms with Crippen LogP contribution in [0.5, 0.6) is 5.75 Å². The molecule has 1 heterocycles. The van der Waals surface area contributed by atoms with Crippen LogP contribution in [0.3, 0.4) is 0 Å². The number of nitrogens with zero attached hydrogens (tertiary/aromatic N) is 2. The van der Waals surface area contributed by atoms with Gasteiger partial charge < -0.3 is 14.4 Å². The molecule has 2 rings (SSSR count). The quantitative estimate of drug-likeness (QED) is 0.905. The van der Waals surface area contributed by atoms with Crippen molar-refractivity contribution in [2.75, 3.05) is 0 Å². The van der Waals surface area contributed by atoms with Crippen molar-refractivity contribution in [3.63, 3.8) is 0 Å². The van der Waals surface area contributed by atoms with Crippen LogP contribution in [-0.4, -0.2) is 21.3 Å². The van der Waals surface area contributed by atoms with Gasteiger partial charge >= 0.3 is 6.61 Å². The third kappa shape index (κ3) is 3.51. The first-order valence-corrected chi connectivity index (χ1v) is 5.75. The number of rotatable bonds is 5. The number of imidazole rings is 1. The van der Waals surface area contributed by atoms with E-state index in [1.54, 1.807) is 24.5 Å². The molecule has 1 aromatic carbocycles. The third-order valence-electron chi connectivity index (χ3n) is 2.79. The number of hydrogen-bond acceptors (Lipinski definition) is 3. The van der Waals surface area contributed by atoms with Crippen molar-refractivity contribution in [1.82, 2.24) is 9.55 Å². The minimum atomic E-state index is -2.84. The summed E-state index contributed by atoms with van der Waals surface area (Å²) in [6.45, 7) is -2.84. The Bertz CT molecular complexity index is 526. The number of alkyl halides is 2. The topological polar surface area (TPSA) is 47.3 Å². The second kappa shape index (κ2) is 5.79. The lowest BCUT2D eigenvalue weighted by Crippen LogP contribution is -2.07. The molecule has 0 aliphatic carbocycles. The van der Waals surface area contributed by atoms with Crippen LogP contribution in [0.2, 0.25) is 0 Å². The highest BCUT2D eigenvalue weighted by Crippen LogP contribution is 2.21. The Morgan fingerprint density at radius 2 is 2.00 bits per heavy atom. The van der Waals surface area contributed by atoms with E-state index in [0.29, 0.717) is 12.0 Å².